The Morgan fingerprint density at radius 1 is 1.26 bits per heavy atom. The molecule has 0 aliphatic carbocycles. The van der Waals surface area contributed by atoms with Crippen molar-refractivity contribution in [3.8, 4) is 0 Å². The summed E-state index contributed by atoms with van der Waals surface area (Å²) < 4.78 is 51.5. The van der Waals surface area contributed by atoms with Crippen LogP contribution in [0.15, 0.2) is 32.3 Å². The van der Waals surface area contributed by atoms with Gasteiger partial charge in [-0.05, 0) is 35.7 Å². The fourth-order valence-electron chi connectivity index (χ4n) is 3.70. The second kappa shape index (κ2) is 10.7. The summed E-state index contributed by atoms with van der Waals surface area (Å²) in [5, 5.41) is 16.0. The van der Waals surface area contributed by atoms with Gasteiger partial charge in [-0.3, -0.25) is 4.79 Å². The van der Waals surface area contributed by atoms with E-state index in [0.717, 1.165) is 36.6 Å². The number of alkyl halides is 3. The normalized spacial score (nSPS) is 15.9. The fraction of sp³-hybridized carbons (Fsp3) is 0.500. The molecule has 4 heterocycles. The summed E-state index contributed by atoms with van der Waals surface area (Å²) >= 11 is 3.32. The molecule has 188 valence electrons. The van der Waals surface area contributed by atoms with Gasteiger partial charge in [-0.2, -0.15) is 18.3 Å². The summed E-state index contributed by atoms with van der Waals surface area (Å²) in [6.45, 7) is 3.16. The first kappa shape index (κ1) is 25.0. The lowest BCUT2D eigenvalue weighted by Gasteiger charge is -2.30. The van der Waals surface area contributed by atoms with E-state index >= 15 is 0 Å². The molecular weight excluding hydrogens is 537 g/mol. The molecule has 0 radical (unpaired) electrons. The van der Waals surface area contributed by atoms with Crippen molar-refractivity contribution >= 4 is 27.6 Å². The Labute approximate surface area is 205 Å². The van der Waals surface area contributed by atoms with Crippen LogP contribution in [0.5, 0.6) is 0 Å². The number of hydrogen-bond acceptors (Lipinski definition) is 10. The molecule has 1 fully saturated rings. The molecule has 1 aliphatic rings. The molecule has 3 aromatic rings. The maximum atomic E-state index is 13.2. The van der Waals surface area contributed by atoms with Crippen LogP contribution >= 0.6 is 15.9 Å². The summed E-state index contributed by atoms with van der Waals surface area (Å²) in [5.74, 6) is 1.58. The molecule has 1 atom stereocenters. The first-order valence-electron chi connectivity index (χ1n) is 10.7. The topological polar surface area (TPSA) is 135 Å². The van der Waals surface area contributed by atoms with Gasteiger partial charge in [0.05, 0.1) is 23.0 Å². The van der Waals surface area contributed by atoms with Crippen LogP contribution in [-0.4, -0.2) is 56.1 Å². The van der Waals surface area contributed by atoms with Crippen LogP contribution in [0.1, 0.15) is 43.0 Å². The maximum absolute atomic E-state index is 13.2. The number of nitrogens with one attached hydrogen (secondary N) is 2. The van der Waals surface area contributed by atoms with Gasteiger partial charge < -0.3 is 19.4 Å². The molecule has 0 saturated carbocycles. The van der Waals surface area contributed by atoms with Gasteiger partial charge in [-0.15, -0.1) is 10.2 Å². The molecule has 0 spiro atoms. The molecule has 3 aromatic heterocycles. The highest BCUT2D eigenvalue weighted by atomic mass is 79.9. The van der Waals surface area contributed by atoms with Crippen molar-refractivity contribution in [3.63, 3.8) is 0 Å². The number of aromatic nitrogens is 6. The average Bonchev–Trinajstić information content (AvgIpc) is 3.28. The van der Waals surface area contributed by atoms with Crippen molar-refractivity contribution in [2.75, 3.05) is 29.9 Å². The van der Waals surface area contributed by atoms with Gasteiger partial charge in [-0.1, -0.05) is 0 Å². The average molecular weight is 559 g/mol. The van der Waals surface area contributed by atoms with E-state index in [0.29, 0.717) is 11.8 Å². The second-order valence-electron chi connectivity index (χ2n) is 8.04. The van der Waals surface area contributed by atoms with Gasteiger partial charge in [0.15, 0.2) is 0 Å². The SMILES string of the molecule is CC(COCc1nnc(C2CCN(c3ncc(Br)cn3)CC2)o1)Nc1cn[nH]c(=O)c1C(F)(F)F. The minimum atomic E-state index is -4.82. The highest BCUT2D eigenvalue weighted by Crippen LogP contribution is 2.32. The van der Waals surface area contributed by atoms with Crippen LogP contribution in [0.2, 0.25) is 0 Å². The molecule has 0 bridgehead atoms. The van der Waals surface area contributed by atoms with E-state index in [1.807, 2.05) is 0 Å². The zero-order valence-electron chi connectivity index (χ0n) is 18.5. The largest absolute Gasteiger partial charge is 0.423 e. The summed E-state index contributed by atoms with van der Waals surface area (Å²) in [5.41, 5.74) is -3.07. The maximum Gasteiger partial charge on any atom is 0.423 e. The first-order chi connectivity index (χ1) is 16.7. The summed E-state index contributed by atoms with van der Waals surface area (Å²) in [4.78, 5) is 22.3. The van der Waals surface area contributed by atoms with Crippen molar-refractivity contribution in [1.82, 2.24) is 30.4 Å². The first-order valence-corrected chi connectivity index (χ1v) is 11.5. The molecule has 0 aromatic carbocycles. The monoisotopic (exact) mass is 558 g/mol. The summed E-state index contributed by atoms with van der Waals surface area (Å²) in [7, 11) is 0. The Balaban J connectivity index is 1.25. The standard InChI is InChI=1S/C20H22BrF3N8O3/c1-11(28-14-8-27-30-17(33)16(14)20(22,23)24)9-34-10-15-29-31-18(35-15)12-2-4-32(5-3-12)19-25-6-13(21)7-26-19/h6-8,11-12H,2-5,9-10H2,1H3,(H2,28,30,33). The minimum Gasteiger partial charge on any atom is -0.422 e. The zero-order chi connectivity index (χ0) is 25.0. The van der Waals surface area contributed by atoms with Crippen LogP contribution in [-0.2, 0) is 17.5 Å². The van der Waals surface area contributed by atoms with Crippen LogP contribution in [0.25, 0.3) is 0 Å². The molecule has 0 amide bonds. The van der Waals surface area contributed by atoms with Gasteiger partial charge in [0.1, 0.15) is 12.2 Å². The molecular formula is C20H22BrF3N8O3. The smallest absolute Gasteiger partial charge is 0.422 e. The van der Waals surface area contributed by atoms with E-state index in [1.165, 1.54) is 0 Å². The number of hydrogen-bond donors (Lipinski definition) is 2. The molecule has 1 aliphatic heterocycles. The fourth-order valence-corrected chi connectivity index (χ4v) is 3.91. The third-order valence-electron chi connectivity index (χ3n) is 5.35. The lowest BCUT2D eigenvalue weighted by atomic mass is 9.97. The number of halogens is 4. The Hall–Kier alpha value is -3.07. The van der Waals surface area contributed by atoms with Gasteiger partial charge in [0.25, 0.3) is 5.56 Å². The molecule has 4 rings (SSSR count). The minimum absolute atomic E-state index is 0.00431. The Kier molecular flexibility index (Phi) is 7.64. The number of aromatic amines is 1. The third-order valence-corrected chi connectivity index (χ3v) is 5.76. The molecule has 35 heavy (non-hydrogen) atoms. The molecule has 15 heteroatoms. The lowest BCUT2D eigenvalue weighted by molar-refractivity contribution is -0.138. The van der Waals surface area contributed by atoms with E-state index in [1.54, 1.807) is 24.4 Å². The number of ether oxygens (including phenoxy) is 1. The highest BCUT2D eigenvalue weighted by molar-refractivity contribution is 9.10. The summed E-state index contributed by atoms with van der Waals surface area (Å²) in [6, 6.07) is -0.549. The van der Waals surface area contributed by atoms with Gasteiger partial charge in [0, 0.05) is 37.4 Å². The molecule has 1 unspecified atom stereocenters. The van der Waals surface area contributed by atoms with Crippen molar-refractivity contribution in [3.05, 3.63) is 50.8 Å². The second-order valence-corrected chi connectivity index (χ2v) is 8.96. The van der Waals surface area contributed by atoms with E-state index in [4.69, 9.17) is 9.15 Å². The van der Waals surface area contributed by atoms with Crippen LogP contribution in [0, 0.1) is 0 Å². The Morgan fingerprint density at radius 3 is 2.66 bits per heavy atom. The quantitative estimate of drug-likeness (QED) is 0.424. The van der Waals surface area contributed by atoms with Crippen molar-refractivity contribution in [2.24, 2.45) is 0 Å². The molecule has 2 N–H and O–H groups in total. The zero-order valence-corrected chi connectivity index (χ0v) is 20.1. The number of piperidine rings is 1. The van der Waals surface area contributed by atoms with Crippen LogP contribution in [0.3, 0.4) is 0 Å². The van der Waals surface area contributed by atoms with Crippen molar-refractivity contribution in [2.45, 2.75) is 44.5 Å². The van der Waals surface area contributed by atoms with Crippen molar-refractivity contribution in [1.29, 1.82) is 0 Å². The predicted molar refractivity (Wildman–Crippen MR) is 121 cm³/mol. The van der Waals surface area contributed by atoms with E-state index in [-0.39, 0.29) is 25.0 Å². The van der Waals surface area contributed by atoms with E-state index < -0.39 is 29.0 Å². The van der Waals surface area contributed by atoms with Gasteiger partial charge in [-0.25, -0.2) is 15.1 Å². The third kappa shape index (κ3) is 6.33. The van der Waals surface area contributed by atoms with Gasteiger partial charge in [0.2, 0.25) is 17.7 Å². The van der Waals surface area contributed by atoms with Crippen LogP contribution < -0.4 is 15.8 Å². The number of H-pyrrole nitrogens is 1. The lowest BCUT2D eigenvalue weighted by Crippen LogP contribution is -2.34. The van der Waals surface area contributed by atoms with Gasteiger partial charge >= 0.3 is 6.18 Å². The van der Waals surface area contributed by atoms with E-state index in [2.05, 4.69) is 51.4 Å². The Morgan fingerprint density at radius 2 is 1.97 bits per heavy atom. The number of anilines is 2. The van der Waals surface area contributed by atoms with Crippen LogP contribution in [0.4, 0.5) is 24.8 Å². The Bertz CT molecular complexity index is 1180. The molecule has 11 nitrogen and oxygen atoms in total. The number of nitrogens with zero attached hydrogens (tertiary/aromatic N) is 6. The van der Waals surface area contributed by atoms with Crippen molar-refractivity contribution < 1.29 is 22.3 Å². The highest BCUT2D eigenvalue weighted by Gasteiger charge is 2.37. The van der Waals surface area contributed by atoms with E-state index in [9.17, 15) is 18.0 Å². The summed E-state index contributed by atoms with van der Waals surface area (Å²) in [6.07, 6.45) is 1.12. The predicted octanol–water partition coefficient (Wildman–Crippen LogP) is 3.13. The molecule has 1 saturated heterocycles. The number of rotatable bonds is 8.